The summed E-state index contributed by atoms with van der Waals surface area (Å²) in [6, 6.07) is 12.2. The van der Waals surface area contributed by atoms with E-state index in [9.17, 15) is 14.4 Å². The molecule has 0 saturated heterocycles. The Hall–Kier alpha value is -3.19. The molecule has 1 aromatic heterocycles. The second-order valence-electron chi connectivity index (χ2n) is 6.99. The second-order valence-corrected chi connectivity index (χ2v) is 7.43. The van der Waals surface area contributed by atoms with Crippen molar-refractivity contribution >= 4 is 40.1 Å². The number of para-hydroxylation sites is 1. The van der Waals surface area contributed by atoms with E-state index in [1.807, 2.05) is 6.92 Å². The van der Waals surface area contributed by atoms with Gasteiger partial charge in [-0.05, 0) is 43.7 Å². The number of hydrogen-bond donors (Lipinski definition) is 1. The fourth-order valence-corrected chi connectivity index (χ4v) is 3.15. The number of nitrogens with zero attached hydrogens (tertiary/aromatic N) is 2. The second kappa shape index (κ2) is 9.09. The van der Waals surface area contributed by atoms with Crippen molar-refractivity contribution in [2.45, 2.75) is 32.8 Å². The van der Waals surface area contributed by atoms with Gasteiger partial charge in [0.2, 0.25) is 0 Å². The number of amides is 1. The van der Waals surface area contributed by atoms with Crippen LogP contribution in [0.5, 0.6) is 0 Å². The molecule has 3 rings (SSSR count). The number of rotatable bonds is 6. The Kier molecular flexibility index (Phi) is 6.52. The lowest BCUT2D eigenvalue weighted by molar-refractivity contribution is -0.153. The maximum Gasteiger partial charge on any atom is 0.307 e. The Morgan fingerprint density at radius 2 is 1.97 bits per heavy atom. The van der Waals surface area contributed by atoms with Crippen LogP contribution in [0.1, 0.15) is 24.7 Å². The minimum absolute atomic E-state index is 0.00751. The van der Waals surface area contributed by atoms with Gasteiger partial charge in [0.05, 0.1) is 17.3 Å². The van der Waals surface area contributed by atoms with E-state index >= 15 is 0 Å². The highest BCUT2D eigenvalue weighted by molar-refractivity contribution is 6.31. The van der Waals surface area contributed by atoms with Gasteiger partial charge in [-0.2, -0.15) is 0 Å². The molecule has 3 aromatic rings. The van der Waals surface area contributed by atoms with Crippen molar-refractivity contribution < 1.29 is 14.3 Å². The first-order valence-corrected chi connectivity index (χ1v) is 9.85. The molecule has 1 atom stereocenters. The van der Waals surface area contributed by atoms with E-state index in [1.165, 1.54) is 11.5 Å². The van der Waals surface area contributed by atoms with Crippen LogP contribution in [0.3, 0.4) is 0 Å². The normalized spacial score (nSPS) is 11.9. The molecule has 0 aliphatic heterocycles. The van der Waals surface area contributed by atoms with Gasteiger partial charge in [0.25, 0.3) is 11.5 Å². The molecule has 0 aliphatic carbocycles. The van der Waals surface area contributed by atoms with Crippen LogP contribution in [0.25, 0.3) is 10.9 Å². The van der Waals surface area contributed by atoms with E-state index in [-0.39, 0.29) is 18.4 Å². The van der Waals surface area contributed by atoms with Crippen molar-refractivity contribution in [3.8, 4) is 0 Å². The van der Waals surface area contributed by atoms with Crippen molar-refractivity contribution in [1.29, 1.82) is 0 Å². The summed E-state index contributed by atoms with van der Waals surface area (Å²) < 4.78 is 6.66. The number of carbonyl (C=O) groups excluding carboxylic acids is 2. The van der Waals surface area contributed by atoms with Crippen molar-refractivity contribution in [2.75, 3.05) is 5.32 Å². The number of carbonyl (C=O) groups is 2. The smallest absolute Gasteiger partial charge is 0.307 e. The van der Waals surface area contributed by atoms with Crippen LogP contribution in [-0.4, -0.2) is 27.5 Å². The summed E-state index contributed by atoms with van der Waals surface area (Å²) in [5, 5.41) is 3.72. The maximum absolute atomic E-state index is 12.4. The average Bonchev–Trinajstić information content (AvgIpc) is 2.72. The highest BCUT2D eigenvalue weighted by Crippen LogP contribution is 2.20. The number of nitrogens with one attached hydrogen (secondary N) is 1. The number of aryl methyl sites for hydroxylation is 2. The number of ether oxygens (including phenoxy) is 1. The number of halogens is 1. The Labute approximate surface area is 178 Å². The van der Waals surface area contributed by atoms with E-state index in [1.54, 1.807) is 49.5 Å². The SMILES string of the molecule is Cc1ccc(Cl)cc1NC(=O)C(C)OC(=O)CCc1nc2ccccc2c(=O)n1C. The molecule has 0 fully saturated rings. The largest absolute Gasteiger partial charge is 0.453 e. The summed E-state index contributed by atoms with van der Waals surface area (Å²) in [5.41, 5.74) is 1.81. The van der Waals surface area contributed by atoms with Crippen LogP contribution in [0.2, 0.25) is 5.02 Å². The van der Waals surface area contributed by atoms with Crippen LogP contribution >= 0.6 is 11.6 Å². The van der Waals surface area contributed by atoms with E-state index in [2.05, 4.69) is 10.3 Å². The van der Waals surface area contributed by atoms with Crippen LogP contribution < -0.4 is 10.9 Å². The van der Waals surface area contributed by atoms with E-state index < -0.39 is 18.0 Å². The minimum atomic E-state index is -0.982. The standard InChI is InChI=1S/C22H22ClN3O4/c1-13-8-9-15(23)12-18(13)25-21(28)14(2)30-20(27)11-10-19-24-17-7-5-4-6-16(17)22(29)26(19)3/h4-9,12,14H,10-11H2,1-3H3,(H,25,28). The monoisotopic (exact) mass is 427 g/mol. The van der Waals surface area contributed by atoms with E-state index in [0.717, 1.165) is 5.56 Å². The topological polar surface area (TPSA) is 90.3 Å². The molecule has 30 heavy (non-hydrogen) atoms. The molecule has 0 radical (unpaired) electrons. The van der Waals surface area contributed by atoms with Crippen molar-refractivity contribution in [1.82, 2.24) is 9.55 Å². The third-order valence-corrected chi connectivity index (χ3v) is 5.00. The van der Waals surface area contributed by atoms with Gasteiger partial charge in [0, 0.05) is 24.2 Å². The lowest BCUT2D eigenvalue weighted by Gasteiger charge is -2.15. The van der Waals surface area contributed by atoms with Crippen molar-refractivity contribution in [2.24, 2.45) is 7.05 Å². The van der Waals surface area contributed by atoms with Gasteiger partial charge in [0.15, 0.2) is 6.10 Å². The lowest BCUT2D eigenvalue weighted by Crippen LogP contribution is -2.30. The third kappa shape index (κ3) is 4.86. The first-order chi connectivity index (χ1) is 14.3. The molecule has 0 saturated carbocycles. The molecule has 1 unspecified atom stereocenters. The molecule has 1 N–H and O–H groups in total. The Morgan fingerprint density at radius 1 is 1.23 bits per heavy atom. The fraction of sp³-hybridized carbons (Fsp3) is 0.273. The molecular weight excluding hydrogens is 406 g/mol. The average molecular weight is 428 g/mol. The fourth-order valence-electron chi connectivity index (χ4n) is 2.97. The molecule has 8 heteroatoms. The summed E-state index contributed by atoms with van der Waals surface area (Å²) in [6.07, 6.45) is -0.770. The molecule has 0 bridgehead atoms. The summed E-state index contributed by atoms with van der Waals surface area (Å²) in [5.74, 6) is -0.532. The zero-order valence-electron chi connectivity index (χ0n) is 16.9. The van der Waals surface area contributed by atoms with Gasteiger partial charge in [-0.3, -0.25) is 19.0 Å². The Morgan fingerprint density at radius 3 is 2.73 bits per heavy atom. The van der Waals surface area contributed by atoms with Crippen LogP contribution in [0.15, 0.2) is 47.3 Å². The van der Waals surface area contributed by atoms with Gasteiger partial charge in [-0.1, -0.05) is 29.8 Å². The number of fused-ring (bicyclic) bond motifs is 1. The molecule has 0 spiro atoms. The van der Waals surface area contributed by atoms with Crippen molar-refractivity contribution in [3.63, 3.8) is 0 Å². The Bertz CT molecular complexity index is 1170. The zero-order valence-corrected chi connectivity index (χ0v) is 17.7. The molecule has 7 nitrogen and oxygen atoms in total. The predicted octanol–water partition coefficient (Wildman–Crippen LogP) is 3.40. The predicted molar refractivity (Wildman–Crippen MR) is 116 cm³/mol. The maximum atomic E-state index is 12.4. The van der Waals surface area contributed by atoms with Gasteiger partial charge >= 0.3 is 5.97 Å². The highest BCUT2D eigenvalue weighted by atomic mass is 35.5. The summed E-state index contributed by atoms with van der Waals surface area (Å²) in [4.78, 5) is 41.5. The minimum Gasteiger partial charge on any atom is -0.453 e. The number of aromatic nitrogens is 2. The number of esters is 1. The first kappa shape index (κ1) is 21.5. The van der Waals surface area contributed by atoms with Crippen LogP contribution in [0, 0.1) is 6.92 Å². The first-order valence-electron chi connectivity index (χ1n) is 9.47. The van der Waals surface area contributed by atoms with Gasteiger partial charge < -0.3 is 10.1 Å². The number of anilines is 1. The summed E-state index contributed by atoms with van der Waals surface area (Å²) in [6.45, 7) is 3.33. The summed E-state index contributed by atoms with van der Waals surface area (Å²) in [7, 11) is 1.62. The zero-order chi connectivity index (χ0) is 21.8. The lowest BCUT2D eigenvalue weighted by atomic mass is 10.2. The van der Waals surface area contributed by atoms with E-state index in [4.69, 9.17) is 16.3 Å². The third-order valence-electron chi connectivity index (χ3n) is 4.76. The molecule has 0 aliphatic rings. The molecular formula is C22H22ClN3O4. The number of benzene rings is 2. The number of hydrogen-bond acceptors (Lipinski definition) is 5. The molecule has 1 heterocycles. The molecule has 1 amide bonds. The van der Waals surface area contributed by atoms with Gasteiger partial charge in [-0.15, -0.1) is 0 Å². The summed E-state index contributed by atoms with van der Waals surface area (Å²) >= 11 is 5.96. The van der Waals surface area contributed by atoms with Gasteiger partial charge in [-0.25, -0.2) is 4.98 Å². The van der Waals surface area contributed by atoms with Crippen molar-refractivity contribution in [3.05, 3.63) is 69.2 Å². The highest BCUT2D eigenvalue weighted by Gasteiger charge is 2.19. The Balaban J connectivity index is 1.61. The van der Waals surface area contributed by atoms with Crippen LogP contribution in [0.4, 0.5) is 5.69 Å². The van der Waals surface area contributed by atoms with Gasteiger partial charge in [0.1, 0.15) is 5.82 Å². The molecule has 2 aromatic carbocycles. The van der Waals surface area contributed by atoms with Crippen LogP contribution in [-0.2, 0) is 27.8 Å². The quantitative estimate of drug-likeness (QED) is 0.609. The molecule has 156 valence electrons. The van der Waals surface area contributed by atoms with E-state index in [0.29, 0.717) is 27.4 Å².